The quantitative estimate of drug-likeness (QED) is 0.527. The van der Waals surface area contributed by atoms with E-state index >= 15 is 0 Å². The summed E-state index contributed by atoms with van der Waals surface area (Å²) in [7, 11) is 0. The molecule has 0 aliphatic carbocycles. The Morgan fingerprint density at radius 3 is 2.60 bits per heavy atom. The lowest BCUT2D eigenvalue weighted by Crippen LogP contribution is -1.94. The zero-order valence-corrected chi connectivity index (χ0v) is 13.0. The average molecular weight is 372 g/mol. The van der Waals surface area contributed by atoms with E-state index in [2.05, 4.69) is 25.9 Å². The number of benzene rings is 2. The third-order valence-corrected chi connectivity index (χ3v) is 3.90. The van der Waals surface area contributed by atoms with Gasteiger partial charge in [0.15, 0.2) is 5.82 Å². The second-order valence-electron chi connectivity index (χ2n) is 4.10. The van der Waals surface area contributed by atoms with Crippen LogP contribution in [0.2, 0.25) is 10.2 Å². The van der Waals surface area contributed by atoms with Crippen LogP contribution in [0.15, 0.2) is 40.9 Å². The highest BCUT2D eigenvalue weighted by molar-refractivity contribution is 9.10. The maximum atomic E-state index is 13.8. The number of aromatic nitrogens is 2. The van der Waals surface area contributed by atoms with Crippen molar-refractivity contribution in [1.82, 2.24) is 9.97 Å². The summed E-state index contributed by atoms with van der Waals surface area (Å²) in [5, 5.41) is 1.14. The molecule has 1 aromatic heterocycles. The Morgan fingerprint density at radius 2 is 1.85 bits per heavy atom. The van der Waals surface area contributed by atoms with Gasteiger partial charge in [-0.25, -0.2) is 14.4 Å². The first-order valence-corrected chi connectivity index (χ1v) is 7.18. The van der Waals surface area contributed by atoms with Crippen molar-refractivity contribution in [3.63, 3.8) is 0 Å². The molecule has 2 nitrogen and oxygen atoms in total. The fourth-order valence-corrected chi connectivity index (χ4v) is 2.86. The Hall–Kier alpha value is -1.23. The van der Waals surface area contributed by atoms with Crippen LogP contribution in [0.5, 0.6) is 0 Å². The van der Waals surface area contributed by atoms with E-state index in [9.17, 15) is 4.39 Å². The topological polar surface area (TPSA) is 25.8 Å². The molecule has 0 spiro atoms. The summed E-state index contributed by atoms with van der Waals surface area (Å²) in [6.45, 7) is 0. The van der Waals surface area contributed by atoms with Gasteiger partial charge in [-0.05, 0) is 30.3 Å². The molecule has 0 unspecified atom stereocenters. The van der Waals surface area contributed by atoms with Gasteiger partial charge in [0.25, 0.3) is 0 Å². The maximum Gasteiger partial charge on any atom is 0.163 e. The summed E-state index contributed by atoms with van der Waals surface area (Å²) >= 11 is 15.6. The fraction of sp³-hybridized carbons (Fsp3) is 0. The van der Waals surface area contributed by atoms with Gasteiger partial charge in [-0.3, -0.25) is 0 Å². The minimum atomic E-state index is -0.443. The second-order valence-corrected chi connectivity index (χ2v) is 5.78. The van der Waals surface area contributed by atoms with Crippen LogP contribution >= 0.6 is 39.1 Å². The first-order chi connectivity index (χ1) is 9.56. The SMILES string of the molecule is Fc1cccc2c(Cl)nc(-c3ccc(Br)cc3Cl)nc12. The van der Waals surface area contributed by atoms with E-state index in [0.29, 0.717) is 21.8 Å². The molecular weight excluding hydrogens is 366 g/mol. The largest absolute Gasteiger partial charge is 0.225 e. The summed E-state index contributed by atoms with van der Waals surface area (Å²) in [6, 6.07) is 9.86. The smallest absolute Gasteiger partial charge is 0.163 e. The Bertz CT molecular complexity index is 824. The molecule has 0 saturated heterocycles. The third kappa shape index (κ3) is 2.39. The van der Waals surface area contributed by atoms with Gasteiger partial charge in [0, 0.05) is 15.4 Å². The molecule has 0 bridgehead atoms. The molecule has 3 aromatic rings. The number of halogens is 4. The van der Waals surface area contributed by atoms with E-state index < -0.39 is 5.82 Å². The molecule has 2 aromatic carbocycles. The van der Waals surface area contributed by atoms with Crippen LogP contribution in [0.4, 0.5) is 4.39 Å². The lowest BCUT2D eigenvalue weighted by molar-refractivity contribution is 0.636. The number of nitrogens with zero attached hydrogens (tertiary/aromatic N) is 2. The molecule has 1 heterocycles. The van der Waals surface area contributed by atoms with Crippen molar-refractivity contribution in [2.24, 2.45) is 0 Å². The van der Waals surface area contributed by atoms with Gasteiger partial charge in [-0.2, -0.15) is 0 Å². The van der Waals surface area contributed by atoms with E-state index in [-0.39, 0.29) is 10.7 Å². The molecule has 0 fully saturated rings. The molecule has 0 N–H and O–H groups in total. The number of hydrogen-bond acceptors (Lipinski definition) is 2. The summed E-state index contributed by atoms with van der Waals surface area (Å²) in [5.74, 6) is -0.147. The van der Waals surface area contributed by atoms with Crippen LogP contribution in [-0.2, 0) is 0 Å². The standard InChI is InChI=1S/C14H6BrCl2FN2/c15-7-4-5-8(10(16)6-7)14-19-12-9(13(17)20-14)2-1-3-11(12)18/h1-6H. The maximum absolute atomic E-state index is 13.8. The van der Waals surface area contributed by atoms with Crippen molar-refractivity contribution in [2.75, 3.05) is 0 Å². The monoisotopic (exact) mass is 370 g/mol. The molecule has 0 saturated carbocycles. The minimum absolute atomic E-state index is 0.182. The summed E-state index contributed by atoms with van der Waals surface area (Å²) in [6.07, 6.45) is 0. The first kappa shape index (κ1) is 13.7. The fourth-order valence-electron chi connectivity index (χ4n) is 1.87. The van der Waals surface area contributed by atoms with Gasteiger partial charge in [-0.1, -0.05) is 45.2 Å². The molecule has 0 amide bonds. The Kier molecular flexibility index (Phi) is 3.63. The van der Waals surface area contributed by atoms with Gasteiger partial charge in [-0.15, -0.1) is 0 Å². The predicted octanol–water partition coefficient (Wildman–Crippen LogP) is 5.51. The molecular formula is C14H6BrCl2FN2. The highest BCUT2D eigenvalue weighted by Crippen LogP contribution is 2.31. The van der Waals surface area contributed by atoms with Gasteiger partial charge < -0.3 is 0 Å². The van der Waals surface area contributed by atoms with Gasteiger partial charge in [0.1, 0.15) is 16.5 Å². The Balaban J connectivity index is 2.29. The van der Waals surface area contributed by atoms with Crippen LogP contribution < -0.4 is 0 Å². The number of rotatable bonds is 1. The van der Waals surface area contributed by atoms with E-state index in [4.69, 9.17) is 23.2 Å². The van der Waals surface area contributed by atoms with Crippen molar-refractivity contribution in [1.29, 1.82) is 0 Å². The summed E-state index contributed by atoms with van der Waals surface area (Å²) < 4.78 is 14.7. The van der Waals surface area contributed by atoms with E-state index in [0.717, 1.165) is 4.47 Å². The molecule has 6 heteroatoms. The van der Waals surface area contributed by atoms with Crippen LogP contribution in [-0.4, -0.2) is 9.97 Å². The van der Waals surface area contributed by atoms with Crippen molar-refractivity contribution in [3.05, 3.63) is 56.9 Å². The van der Waals surface area contributed by atoms with E-state index in [1.54, 1.807) is 24.3 Å². The highest BCUT2D eigenvalue weighted by atomic mass is 79.9. The average Bonchev–Trinajstić information content (AvgIpc) is 2.40. The zero-order valence-electron chi connectivity index (χ0n) is 9.87. The van der Waals surface area contributed by atoms with Crippen LogP contribution in [0, 0.1) is 5.82 Å². The number of hydrogen-bond donors (Lipinski definition) is 0. The molecule has 0 aliphatic rings. The minimum Gasteiger partial charge on any atom is -0.225 e. The lowest BCUT2D eigenvalue weighted by Gasteiger charge is -2.07. The molecule has 20 heavy (non-hydrogen) atoms. The molecule has 3 rings (SSSR count). The van der Waals surface area contributed by atoms with Crippen LogP contribution in [0.25, 0.3) is 22.3 Å². The number of fused-ring (bicyclic) bond motifs is 1. The molecule has 0 aliphatic heterocycles. The normalized spacial score (nSPS) is 11.0. The first-order valence-electron chi connectivity index (χ1n) is 5.63. The lowest BCUT2D eigenvalue weighted by atomic mass is 10.2. The summed E-state index contributed by atoms with van der Waals surface area (Å²) in [5.41, 5.74) is 0.781. The van der Waals surface area contributed by atoms with Gasteiger partial charge in [0.05, 0.1) is 5.02 Å². The van der Waals surface area contributed by atoms with Crippen molar-refractivity contribution in [2.45, 2.75) is 0 Å². The Morgan fingerprint density at radius 1 is 1.05 bits per heavy atom. The number of para-hydroxylation sites is 1. The van der Waals surface area contributed by atoms with Crippen LogP contribution in [0.1, 0.15) is 0 Å². The Labute approximate surface area is 132 Å². The van der Waals surface area contributed by atoms with Crippen molar-refractivity contribution in [3.8, 4) is 11.4 Å². The van der Waals surface area contributed by atoms with Crippen LogP contribution in [0.3, 0.4) is 0 Å². The van der Waals surface area contributed by atoms with E-state index in [1.165, 1.54) is 6.07 Å². The van der Waals surface area contributed by atoms with E-state index in [1.807, 2.05) is 6.07 Å². The third-order valence-electron chi connectivity index (χ3n) is 2.80. The second kappa shape index (κ2) is 5.28. The van der Waals surface area contributed by atoms with Crippen molar-refractivity contribution < 1.29 is 4.39 Å². The summed E-state index contributed by atoms with van der Waals surface area (Å²) in [4.78, 5) is 8.42. The molecule has 0 atom stereocenters. The highest BCUT2D eigenvalue weighted by Gasteiger charge is 2.13. The molecule has 100 valence electrons. The van der Waals surface area contributed by atoms with Gasteiger partial charge >= 0.3 is 0 Å². The van der Waals surface area contributed by atoms with Gasteiger partial charge in [0.2, 0.25) is 0 Å². The molecule has 0 radical (unpaired) electrons. The van der Waals surface area contributed by atoms with Crippen molar-refractivity contribution >= 4 is 50.0 Å². The predicted molar refractivity (Wildman–Crippen MR) is 82.7 cm³/mol. The zero-order chi connectivity index (χ0) is 14.3.